The van der Waals surface area contributed by atoms with Crippen LogP contribution in [0.25, 0.3) is 10.2 Å². The normalized spacial score (nSPS) is 19.1. The van der Waals surface area contributed by atoms with Crippen LogP contribution < -0.4 is 11.1 Å². The van der Waals surface area contributed by atoms with Gasteiger partial charge in [0.05, 0.1) is 6.04 Å². The lowest BCUT2D eigenvalue weighted by Crippen LogP contribution is -2.31. The first-order valence-corrected chi connectivity index (χ1v) is 9.27. The van der Waals surface area contributed by atoms with E-state index < -0.39 is 5.91 Å². The molecule has 0 saturated carbocycles. The van der Waals surface area contributed by atoms with Crippen molar-refractivity contribution in [2.24, 2.45) is 5.73 Å². The topological polar surface area (TPSA) is 88.0 Å². The smallest absolute Gasteiger partial charge is 0.265 e. The van der Waals surface area contributed by atoms with E-state index >= 15 is 0 Å². The lowest BCUT2D eigenvalue weighted by molar-refractivity contribution is -0.119. The van der Waals surface area contributed by atoms with E-state index in [1.165, 1.54) is 5.56 Å². The van der Waals surface area contributed by atoms with Crippen molar-refractivity contribution in [1.82, 2.24) is 10.3 Å². The lowest BCUT2D eigenvalue weighted by Gasteiger charge is -2.20. The summed E-state index contributed by atoms with van der Waals surface area (Å²) >= 11 is 7.28. The van der Waals surface area contributed by atoms with E-state index in [-0.39, 0.29) is 23.7 Å². The van der Waals surface area contributed by atoms with E-state index in [0.717, 1.165) is 27.1 Å². The number of nitrogens with one attached hydrogen (secondary N) is 2. The second-order valence-electron chi connectivity index (χ2n) is 6.17. The molecule has 0 aliphatic heterocycles. The number of aromatic amines is 1. The van der Waals surface area contributed by atoms with E-state index in [9.17, 15) is 9.59 Å². The molecule has 5 nitrogen and oxygen atoms in total. The van der Waals surface area contributed by atoms with Gasteiger partial charge in [-0.15, -0.1) is 22.9 Å². The Morgan fingerprint density at radius 1 is 1.32 bits per heavy atom. The van der Waals surface area contributed by atoms with Crippen LogP contribution in [0.15, 0.2) is 36.4 Å². The minimum absolute atomic E-state index is 0.0570. The summed E-state index contributed by atoms with van der Waals surface area (Å²) in [6.45, 7) is 0. The van der Waals surface area contributed by atoms with Gasteiger partial charge in [-0.25, -0.2) is 0 Å². The molecule has 2 atom stereocenters. The maximum absolute atomic E-state index is 11.9. The van der Waals surface area contributed by atoms with Crippen molar-refractivity contribution >= 4 is 45.0 Å². The van der Waals surface area contributed by atoms with Crippen LogP contribution >= 0.6 is 22.9 Å². The third-order valence-electron chi connectivity index (χ3n) is 4.63. The predicted octanol–water partition coefficient (Wildman–Crippen LogP) is 3.06. The molecule has 0 radical (unpaired) electrons. The summed E-state index contributed by atoms with van der Waals surface area (Å²) in [5, 5.41) is 4.02. The molecular formula is C18H16ClN3O2S. The summed E-state index contributed by atoms with van der Waals surface area (Å²) in [5.74, 6) is -0.553. The van der Waals surface area contributed by atoms with Crippen LogP contribution in [0, 0.1) is 0 Å². The molecule has 0 bridgehead atoms. The molecule has 7 heteroatoms. The van der Waals surface area contributed by atoms with E-state index in [0.29, 0.717) is 5.69 Å². The van der Waals surface area contributed by atoms with Gasteiger partial charge in [0.25, 0.3) is 5.91 Å². The molecule has 0 spiro atoms. The third kappa shape index (κ3) is 2.81. The van der Waals surface area contributed by atoms with Crippen molar-refractivity contribution in [2.45, 2.75) is 18.4 Å². The number of thiophene rings is 1. The number of nitrogens with two attached hydrogens (primary N) is 1. The summed E-state index contributed by atoms with van der Waals surface area (Å²) in [7, 11) is 0. The maximum atomic E-state index is 11.9. The first kappa shape index (κ1) is 16.2. The highest BCUT2D eigenvalue weighted by Gasteiger charge is 2.35. The van der Waals surface area contributed by atoms with Crippen molar-refractivity contribution < 1.29 is 9.59 Å². The Morgan fingerprint density at radius 3 is 2.84 bits per heavy atom. The predicted molar refractivity (Wildman–Crippen MR) is 99.2 cm³/mol. The van der Waals surface area contributed by atoms with Gasteiger partial charge in [-0.05, 0) is 29.7 Å². The number of rotatable bonds is 4. The number of hydrogen-bond donors (Lipinski definition) is 3. The van der Waals surface area contributed by atoms with Crippen molar-refractivity contribution in [3.05, 3.63) is 58.1 Å². The summed E-state index contributed by atoms with van der Waals surface area (Å²) < 4.78 is 0. The number of H-pyrrole nitrogens is 1. The number of benzene rings is 1. The van der Waals surface area contributed by atoms with E-state index in [4.69, 9.17) is 17.3 Å². The Hall–Kier alpha value is -2.31. The fourth-order valence-corrected chi connectivity index (χ4v) is 4.78. The quantitative estimate of drug-likeness (QED) is 0.614. The Bertz CT molecular complexity index is 946. The first-order chi connectivity index (χ1) is 12.1. The molecule has 0 fully saturated rings. The highest BCUT2D eigenvalue weighted by Crippen LogP contribution is 2.45. The SMILES string of the molecule is NC(=O)c1cc2cc([C@@H]3Cc4ccccc4[C@@H]3NC(=O)CCl)sc2[nH]1. The average molecular weight is 374 g/mol. The number of alkyl halides is 1. The lowest BCUT2D eigenvalue weighted by atomic mass is 9.98. The molecule has 128 valence electrons. The van der Waals surface area contributed by atoms with Crippen LogP contribution in [0.2, 0.25) is 0 Å². The molecule has 2 amide bonds. The minimum Gasteiger partial charge on any atom is -0.364 e. The van der Waals surface area contributed by atoms with Crippen LogP contribution in [-0.4, -0.2) is 22.7 Å². The molecule has 25 heavy (non-hydrogen) atoms. The molecular weight excluding hydrogens is 358 g/mol. The highest BCUT2D eigenvalue weighted by atomic mass is 35.5. The van der Waals surface area contributed by atoms with Crippen LogP contribution in [-0.2, 0) is 11.2 Å². The summed E-state index contributed by atoms with van der Waals surface area (Å²) in [5.41, 5.74) is 8.11. The van der Waals surface area contributed by atoms with Crippen LogP contribution in [0.5, 0.6) is 0 Å². The number of carbonyl (C=O) groups excluding carboxylic acids is 2. The van der Waals surface area contributed by atoms with Gasteiger partial charge in [0.2, 0.25) is 5.91 Å². The molecule has 4 N–H and O–H groups in total. The molecule has 1 aliphatic carbocycles. The van der Waals surface area contributed by atoms with Crippen LogP contribution in [0.4, 0.5) is 0 Å². The zero-order valence-electron chi connectivity index (χ0n) is 13.2. The molecule has 4 rings (SSSR count). The van der Waals surface area contributed by atoms with Gasteiger partial charge in [-0.1, -0.05) is 24.3 Å². The van der Waals surface area contributed by atoms with Gasteiger partial charge in [-0.2, -0.15) is 0 Å². The number of aromatic nitrogens is 1. The van der Waals surface area contributed by atoms with Gasteiger partial charge in [-0.3, -0.25) is 9.59 Å². The van der Waals surface area contributed by atoms with E-state index in [2.05, 4.69) is 28.5 Å². The maximum Gasteiger partial charge on any atom is 0.265 e. The molecule has 3 aromatic rings. The van der Waals surface area contributed by atoms with E-state index in [1.807, 2.05) is 12.1 Å². The fraction of sp³-hybridized carbons (Fsp3) is 0.222. The van der Waals surface area contributed by atoms with Crippen LogP contribution in [0.1, 0.15) is 38.5 Å². The Kier molecular flexibility index (Phi) is 4.01. The first-order valence-electron chi connectivity index (χ1n) is 7.92. The number of fused-ring (bicyclic) bond motifs is 2. The molecule has 0 unspecified atom stereocenters. The molecule has 1 aromatic carbocycles. The second kappa shape index (κ2) is 6.20. The molecule has 2 aromatic heterocycles. The average Bonchev–Trinajstić information content (AvgIpc) is 3.26. The van der Waals surface area contributed by atoms with Crippen molar-refractivity contribution in [1.29, 1.82) is 0 Å². The largest absolute Gasteiger partial charge is 0.364 e. The minimum atomic E-state index is -0.467. The highest BCUT2D eigenvalue weighted by molar-refractivity contribution is 7.18. The third-order valence-corrected chi connectivity index (χ3v) is 6.07. The summed E-state index contributed by atoms with van der Waals surface area (Å²) in [4.78, 5) is 28.3. The second-order valence-corrected chi connectivity index (χ2v) is 7.52. The Balaban J connectivity index is 1.71. The number of hydrogen-bond acceptors (Lipinski definition) is 3. The van der Waals surface area contributed by atoms with Crippen molar-refractivity contribution in [3.8, 4) is 0 Å². The Morgan fingerprint density at radius 2 is 2.12 bits per heavy atom. The molecule has 2 heterocycles. The zero-order valence-corrected chi connectivity index (χ0v) is 14.8. The van der Waals surface area contributed by atoms with E-state index in [1.54, 1.807) is 17.4 Å². The van der Waals surface area contributed by atoms with Crippen LogP contribution in [0.3, 0.4) is 0 Å². The van der Waals surface area contributed by atoms with Gasteiger partial charge >= 0.3 is 0 Å². The number of amides is 2. The van der Waals surface area contributed by atoms with Gasteiger partial charge in [0.15, 0.2) is 0 Å². The summed E-state index contributed by atoms with van der Waals surface area (Å²) in [6.07, 6.45) is 0.856. The number of halogens is 1. The van der Waals surface area contributed by atoms with Gasteiger partial charge in [0, 0.05) is 16.2 Å². The Labute approximate surface area is 153 Å². The standard InChI is InChI=1S/C18H16ClN3O2S/c19-8-15(23)22-16-11-4-2-1-3-9(11)5-12(16)14-7-10-6-13(17(20)24)21-18(10)25-14/h1-4,6-7,12,16,21H,5,8H2,(H2,20,24)(H,22,23)/t12-,16-/m0/s1. The van der Waals surface area contributed by atoms with Crippen molar-refractivity contribution in [2.75, 3.05) is 5.88 Å². The molecule has 1 aliphatic rings. The van der Waals surface area contributed by atoms with Gasteiger partial charge in [0.1, 0.15) is 16.4 Å². The summed E-state index contributed by atoms with van der Waals surface area (Å²) in [6, 6.07) is 11.9. The fourth-order valence-electron chi connectivity index (χ4n) is 3.51. The number of carbonyl (C=O) groups is 2. The molecule has 0 saturated heterocycles. The number of primary amides is 1. The van der Waals surface area contributed by atoms with Crippen molar-refractivity contribution in [3.63, 3.8) is 0 Å². The monoisotopic (exact) mass is 373 g/mol. The van der Waals surface area contributed by atoms with Gasteiger partial charge < -0.3 is 16.0 Å². The zero-order chi connectivity index (χ0) is 17.6.